The van der Waals surface area contributed by atoms with Crippen molar-refractivity contribution in [2.24, 2.45) is 5.92 Å². The van der Waals surface area contributed by atoms with Crippen LogP contribution in [0.15, 0.2) is 24.3 Å². The van der Waals surface area contributed by atoms with Gasteiger partial charge in [0.2, 0.25) is 0 Å². The summed E-state index contributed by atoms with van der Waals surface area (Å²) in [4.78, 5) is 8.12. The maximum absolute atomic E-state index is 13.4. The number of nitrogens with zero attached hydrogens (tertiary/aromatic N) is 2. The van der Waals surface area contributed by atoms with E-state index in [1.165, 1.54) is 0 Å². The van der Waals surface area contributed by atoms with Crippen molar-refractivity contribution >= 4 is 22.6 Å². The monoisotopic (exact) mass is 346 g/mol. The molecule has 23 heavy (non-hydrogen) atoms. The molecule has 2 heterocycles. The van der Waals surface area contributed by atoms with Gasteiger partial charge in [-0.2, -0.15) is 13.2 Å². The third kappa shape index (κ3) is 3.67. The van der Waals surface area contributed by atoms with E-state index in [2.05, 4.69) is 9.97 Å². The lowest BCUT2D eigenvalue weighted by molar-refractivity contribution is -0.217. The Kier molecular flexibility index (Phi) is 4.59. The highest BCUT2D eigenvalue weighted by Gasteiger charge is 2.47. The molecule has 2 aromatic rings. The van der Waals surface area contributed by atoms with Crippen LogP contribution >= 0.6 is 11.6 Å². The zero-order valence-electron chi connectivity index (χ0n) is 12.0. The Morgan fingerprint density at radius 2 is 1.74 bits per heavy atom. The summed E-state index contributed by atoms with van der Waals surface area (Å²) in [6, 6.07) is 6.78. The summed E-state index contributed by atoms with van der Waals surface area (Å²) in [5, 5.41) is -0.176. The topological polar surface area (TPSA) is 44.2 Å². The van der Waals surface area contributed by atoms with Gasteiger partial charge < -0.3 is 9.47 Å². The smallest absolute Gasteiger partial charge is 0.425 e. The summed E-state index contributed by atoms with van der Waals surface area (Å²) < 4.78 is 50.4. The molecule has 1 fully saturated rings. The zero-order valence-corrected chi connectivity index (χ0v) is 12.8. The minimum Gasteiger partial charge on any atom is -0.462 e. The summed E-state index contributed by atoms with van der Waals surface area (Å²) >= 11 is 5.95. The maximum Gasteiger partial charge on any atom is 0.425 e. The fourth-order valence-electron chi connectivity index (χ4n) is 2.61. The predicted molar refractivity (Wildman–Crippen MR) is 78.6 cm³/mol. The van der Waals surface area contributed by atoms with Crippen LogP contribution in [0.4, 0.5) is 13.2 Å². The first-order chi connectivity index (χ1) is 10.9. The highest BCUT2D eigenvalue weighted by Crippen LogP contribution is 2.36. The Hall–Kier alpha value is -1.60. The summed E-state index contributed by atoms with van der Waals surface area (Å²) in [5.41, 5.74) is 0.930. The van der Waals surface area contributed by atoms with Crippen LogP contribution in [0.3, 0.4) is 0 Å². The number of para-hydroxylation sites is 2. The molecule has 1 aliphatic rings. The van der Waals surface area contributed by atoms with Crippen LogP contribution in [0.5, 0.6) is 5.88 Å². The van der Waals surface area contributed by atoms with Crippen molar-refractivity contribution in [2.45, 2.75) is 25.1 Å². The zero-order chi connectivity index (χ0) is 16.4. The molecule has 1 aromatic carbocycles. The van der Waals surface area contributed by atoms with Crippen LogP contribution in [-0.2, 0) is 4.74 Å². The van der Waals surface area contributed by atoms with Gasteiger partial charge in [-0.1, -0.05) is 23.7 Å². The van der Waals surface area contributed by atoms with Gasteiger partial charge in [-0.3, -0.25) is 0 Å². The molecule has 4 nitrogen and oxygen atoms in total. The van der Waals surface area contributed by atoms with Crippen LogP contribution in [0.1, 0.15) is 12.8 Å². The fourth-order valence-corrected chi connectivity index (χ4v) is 2.78. The van der Waals surface area contributed by atoms with Gasteiger partial charge in [0.15, 0.2) is 11.3 Å². The Labute approximate surface area is 135 Å². The van der Waals surface area contributed by atoms with Gasteiger partial charge >= 0.3 is 6.18 Å². The van der Waals surface area contributed by atoms with Crippen molar-refractivity contribution in [3.8, 4) is 5.88 Å². The Bertz CT molecular complexity index is 690. The molecule has 0 radical (unpaired) electrons. The van der Waals surface area contributed by atoms with Gasteiger partial charge in [0.05, 0.1) is 11.0 Å². The van der Waals surface area contributed by atoms with E-state index in [1.54, 1.807) is 24.3 Å². The minimum atomic E-state index is -4.52. The van der Waals surface area contributed by atoms with E-state index in [1.807, 2.05) is 0 Å². The lowest BCUT2D eigenvalue weighted by atomic mass is 9.93. The first-order valence-electron chi connectivity index (χ1n) is 7.18. The van der Waals surface area contributed by atoms with E-state index in [-0.39, 0.29) is 37.1 Å². The number of benzene rings is 1. The normalized spacial score (nSPS) is 18.1. The highest BCUT2D eigenvalue weighted by molar-refractivity contribution is 6.31. The van der Waals surface area contributed by atoms with Crippen molar-refractivity contribution in [3.05, 3.63) is 29.4 Å². The molecule has 3 rings (SSSR count). The fraction of sp³-hybridized carbons (Fsp3) is 0.467. The molecule has 0 aliphatic carbocycles. The lowest BCUT2D eigenvalue weighted by Gasteiger charge is -2.31. The molecule has 124 valence electrons. The molecule has 1 unspecified atom stereocenters. The highest BCUT2D eigenvalue weighted by atomic mass is 35.5. The average molecular weight is 347 g/mol. The van der Waals surface area contributed by atoms with Crippen molar-refractivity contribution in [1.82, 2.24) is 9.97 Å². The van der Waals surface area contributed by atoms with E-state index < -0.39 is 18.2 Å². The third-order valence-corrected chi connectivity index (χ3v) is 4.00. The number of aromatic nitrogens is 2. The van der Waals surface area contributed by atoms with E-state index in [0.717, 1.165) is 0 Å². The summed E-state index contributed by atoms with van der Waals surface area (Å²) in [6.45, 7) is 0.579. The molecule has 1 aromatic heterocycles. The van der Waals surface area contributed by atoms with Crippen molar-refractivity contribution in [1.29, 1.82) is 0 Å². The molecule has 0 saturated carbocycles. The van der Waals surface area contributed by atoms with Crippen molar-refractivity contribution in [2.75, 3.05) is 13.2 Å². The molecular weight excluding hydrogens is 333 g/mol. The summed E-state index contributed by atoms with van der Waals surface area (Å²) in [7, 11) is 0. The Morgan fingerprint density at radius 3 is 2.35 bits per heavy atom. The second-order valence-corrected chi connectivity index (χ2v) is 5.70. The summed E-state index contributed by atoms with van der Waals surface area (Å²) in [6.07, 6.45) is -5.93. The molecule has 0 spiro atoms. The number of rotatable bonds is 3. The van der Waals surface area contributed by atoms with Crippen LogP contribution in [-0.4, -0.2) is 35.5 Å². The molecule has 1 saturated heterocycles. The van der Waals surface area contributed by atoms with E-state index in [9.17, 15) is 13.2 Å². The third-order valence-electron chi connectivity index (χ3n) is 3.75. The van der Waals surface area contributed by atoms with E-state index in [4.69, 9.17) is 21.1 Å². The Morgan fingerprint density at radius 1 is 1.13 bits per heavy atom. The average Bonchev–Trinajstić information content (AvgIpc) is 2.52. The quantitative estimate of drug-likeness (QED) is 0.842. The van der Waals surface area contributed by atoms with Crippen LogP contribution in [0, 0.1) is 5.92 Å². The van der Waals surface area contributed by atoms with Crippen LogP contribution in [0.2, 0.25) is 5.15 Å². The van der Waals surface area contributed by atoms with E-state index >= 15 is 0 Å². The largest absolute Gasteiger partial charge is 0.462 e. The van der Waals surface area contributed by atoms with Crippen molar-refractivity contribution < 1.29 is 22.6 Å². The number of hydrogen-bond acceptors (Lipinski definition) is 4. The lowest BCUT2D eigenvalue weighted by Crippen LogP contribution is -2.43. The maximum atomic E-state index is 13.4. The molecule has 1 atom stereocenters. The SMILES string of the molecule is FC(F)(F)C(Oc1nc2ccccc2nc1Cl)C1CCOCC1. The molecular formula is C15H14ClF3N2O2. The van der Waals surface area contributed by atoms with Crippen LogP contribution in [0.25, 0.3) is 11.0 Å². The predicted octanol–water partition coefficient (Wildman–Crippen LogP) is 4.02. The molecule has 1 aliphatic heterocycles. The van der Waals surface area contributed by atoms with Gasteiger partial charge in [0.1, 0.15) is 0 Å². The van der Waals surface area contributed by atoms with Gasteiger partial charge in [-0.05, 0) is 25.0 Å². The Balaban J connectivity index is 1.91. The van der Waals surface area contributed by atoms with Gasteiger partial charge in [-0.15, -0.1) is 0 Å². The molecule has 0 N–H and O–H groups in total. The molecule has 8 heteroatoms. The van der Waals surface area contributed by atoms with Gasteiger partial charge in [0.25, 0.3) is 5.88 Å². The number of alkyl halides is 3. The number of ether oxygens (including phenoxy) is 2. The standard InChI is InChI=1S/C15H14ClF3N2O2/c16-13-14(21-11-4-2-1-3-10(11)20-13)23-12(15(17,18)19)9-5-7-22-8-6-9/h1-4,9,12H,5-8H2. The van der Waals surface area contributed by atoms with Gasteiger partial charge in [0, 0.05) is 19.1 Å². The van der Waals surface area contributed by atoms with Gasteiger partial charge in [-0.25, -0.2) is 9.97 Å². The number of halogens is 4. The first kappa shape index (κ1) is 16.3. The summed E-state index contributed by atoms with van der Waals surface area (Å²) in [5.74, 6) is -0.979. The number of hydrogen-bond donors (Lipinski definition) is 0. The second kappa shape index (κ2) is 6.49. The first-order valence-corrected chi connectivity index (χ1v) is 7.56. The second-order valence-electron chi connectivity index (χ2n) is 5.34. The van der Waals surface area contributed by atoms with Crippen molar-refractivity contribution in [3.63, 3.8) is 0 Å². The minimum absolute atomic E-state index is 0.176. The number of fused-ring (bicyclic) bond motifs is 1. The molecule has 0 bridgehead atoms. The molecule has 0 amide bonds. The van der Waals surface area contributed by atoms with Crippen LogP contribution < -0.4 is 4.74 Å². The van der Waals surface area contributed by atoms with E-state index in [0.29, 0.717) is 11.0 Å².